The fourth-order valence-corrected chi connectivity index (χ4v) is 3.89. The number of fused-ring (bicyclic) bond motifs is 1. The number of hydrogen-bond acceptors (Lipinski definition) is 5. The summed E-state index contributed by atoms with van der Waals surface area (Å²) in [6.45, 7) is 4.68. The molecule has 2 aliphatic heterocycles. The third-order valence-electron chi connectivity index (χ3n) is 5.30. The molecule has 8 heteroatoms. The summed E-state index contributed by atoms with van der Waals surface area (Å²) in [5.74, 6) is 0. The van der Waals surface area contributed by atoms with Gasteiger partial charge >= 0.3 is 6.03 Å². The third-order valence-corrected chi connectivity index (χ3v) is 5.30. The molecule has 0 saturated carbocycles. The van der Waals surface area contributed by atoms with E-state index in [1.807, 2.05) is 24.9 Å². The predicted octanol–water partition coefficient (Wildman–Crippen LogP) is 2.47. The minimum absolute atomic E-state index is 0.110. The average molecular weight is 373 g/mol. The Morgan fingerprint density at radius 1 is 1.26 bits per heavy atom. The number of aromatic nitrogens is 3. The third kappa shape index (κ3) is 4.06. The number of urea groups is 1. The SMILES string of the molecule is Cc1nn(C)c2ncc(NC(=O)N(C[C@H]3CCCO3)C[C@@H]3CCCO3)cc12. The number of anilines is 1. The molecule has 27 heavy (non-hydrogen) atoms. The molecule has 0 bridgehead atoms. The number of nitrogens with zero attached hydrogens (tertiary/aromatic N) is 4. The molecule has 2 fully saturated rings. The molecule has 2 saturated heterocycles. The van der Waals surface area contributed by atoms with E-state index in [9.17, 15) is 4.79 Å². The quantitative estimate of drug-likeness (QED) is 0.871. The Kier molecular flexibility index (Phi) is 5.27. The van der Waals surface area contributed by atoms with E-state index in [4.69, 9.17) is 9.47 Å². The van der Waals surface area contributed by atoms with Crippen LogP contribution in [0.25, 0.3) is 11.0 Å². The maximum absolute atomic E-state index is 13.0. The Morgan fingerprint density at radius 3 is 2.52 bits per heavy atom. The summed E-state index contributed by atoms with van der Waals surface area (Å²) in [4.78, 5) is 19.2. The summed E-state index contributed by atoms with van der Waals surface area (Å²) in [7, 11) is 1.87. The maximum atomic E-state index is 13.0. The molecule has 2 atom stereocenters. The van der Waals surface area contributed by atoms with Gasteiger partial charge in [-0.3, -0.25) is 4.68 Å². The molecule has 2 aliphatic rings. The number of rotatable bonds is 5. The van der Waals surface area contributed by atoms with Gasteiger partial charge in [-0.25, -0.2) is 9.78 Å². The fourth-order valence-electron chi connectivity index (χ4n) is 3.89. The first-order valence-corrected chi connectivity index (χ1v) is 9.68. The first-order chi connectivity index (χ1) is 13.1. The van der Waals surface area contributed by atoms with E-state index in [1.54, 1.807) is 10.9 Å². The predicted molar refractivity (Wildman–Crippen MR) is 102 cm³/mol. The number of carbonyl (C=O) groups is 1. The van der Waals surface area contributed by atoms with Crippen LogP contribution >= 0.6 is 0 Å². The van der Waals surface area contributed by atoms with Crippen LogP contribution in [-0.2, 0) is 16.5 Å². The molecule has 4 heterocycles. The van der Waals surface area contributed by atoms with Gasteiger partial charge in [0, 0.05) is 38.7 Å². The summed E-state index contributed by atoms with van der Waals surface area (Å²) in [6.07, 6.45) is 6.01. The molecule has 2 aromatic rings. The maximum Gasteiger partial charge on any atom is 0.322 e. The van der Waals surface area contributed by atoms with Crippen LogP contribution in [-0.4, -0.2) is 64.2 Å². The summed E-state index contributed by atoms with van der Waals surface area (Å²) >= 11 is 0. The monoisotopic (exact) mass is 373 g/mol. The van der Waals surface area contributed by atoms with E-state index < -0.39 is 0 Å². The molecule has 0 radical (unpaired) electrons. The average Bonchev–Trinajstić information content (AvgIpc) is 3.39. The second kappa shape index (κ2) is 7.82. The topological polar surface area (TPSA) is 81.5 Å². The zero-order valence-electron chi connectivity index (χ0n) is 16.0. The van der Waals surface area contributed by atoms with Crippen molar-refractivity contribution < 1.29 is 14.3 Å². The van der Waals surface area contributed by atoms with Crippen molar-refractivity contribution in [1.82, 2.24) is 19.7 Å². The van der Waals surface area contributed by atoms with Crippen LogP contribution in [0.2, 0.25) is 0 Å². The van der Waals surface area contributed by atoms with E-state index in [-0.39, 0.29) is 18.2 Å². The van der Waals surface area contributed by atoms with Crippen molar-refractivity contribution in [2.24, 2.45) is 7.05 Å². The summed E-state index contributed by atoms with van der Waals surface area (Å²) in [5, 5.41) is 8.32. The first-order valence-electron chi connectivity index (χ1n) is 9.68. The number of nitrogens with one attached hydrogen (secondary N) is 1. The normalized spacial score (nSPS) is 22.4. The van der Waals surface area contributed by atoms with Crippen LogP contribution in [0.1, 0.15) is 31.4 Å². The van der Waals surface area contributed by atoms with Crippen molar-refractivity contribution >= 4 is 22.8 Å². The number of aryl methyl sites for hydroxylation is 2. The van der Waals surface area contributed by atoms with Crippen LogP contribution in [0.5, 0.6) is 0 Å². The van der Waals surface area contributed by atoms with Gasteiger partial charge in [-0.1, -0.05) is 0 Å². The van der Waals surface area contributed by atoms with Crippen molar-refractivity contribution in [1.29, 1.82) is 0 Å². The van der Waals surface area contributed by atoms with Crippen molar-refractivity contribution in [3.63, 3.8) is 0 Å². The minimum atomic E-state index is -0.135. The Bertz CT molecular complexity index is 791. The van der Waals surface area contributed by atoms with Crippen molar-refractivity contribution in [2.75, 3.05) is 31.6 Å². The van der Waals surface area contributed by atoms with Crippen LogP contribution in [0.15, 0.2) is 12.3 Å². The van der Waals surface area contributed by atoms with E-state index in [1.165, 1.54) is 0 Å². The minimum Gasteiger partial charge on any atom is -0.376 e. The van der Waals surface area contributed by atoms with Gasteiger partial charge in [-0.05, 0) is 38.7 Å². The molecule has 2 amide bonds. The van der Waals surface area contributed by atoms with Gasteiger partial charge in [-0.15, -0.1) is 0 Å². The standard InChI is InChI=1S/C19H27N5O3/c1-13-17-9-14(10-20-18(17)23(2)22-13)21-19(25)24(11-15-5-3-7-26-15)12-16-6-4-8-27-16/h9-10,15-16H,3-8,11-12H2,1-2H3,(H,21,25)/t15-,16+. The van der Waals surface area contributed by atoms with E-state index in [2.05, 4.69) is 15.4 Å². The second-order valence-electron chi connectivity index (χ2n) is 7.41. The van der Waals surface area contributed by atoms with Crippen molar-refractivity contribution in [2.45, 2.75) is 44.8 Å². The molecule has 8 nitrogen and oxygen atoms in total. The van der Waals surface area contributed by atoms with Gasteiger partial charge in [0.15, 0.2) is 5.65 Å². The molecule has 0 unspecified atom stereocenters. The molecular weight excluding hydrogens is 346 g/mol. The van der Waals surface area contributed by atoms with Crippen molar-refractivity contribution in [3.05, 3.63) is 18.0 Å². The lowest BCUT2D eigenvalue weighted by Gasteiger charge is -2.28. The van der Waals surface area contributed by atoms with Gasteiger partial charge in [0.05, 0.1) is 29.8 Å². The molecule has 146 valence electrons. The number of amides is 2. The highest BCUT2D eigenvalue weighted by molar-refractivity contribution is 5.92. The lowest BCUT2D eigenvalue weighted by atomic mass is 10.2. The lowest BCUT2D eigenvalue weighted by molar-refractivity contribution is 0.0524. The van der Waals surface area contributed by atoms with Gasteiger partial charge in [0.1, 0.15) is 0 Å². The fraction of sp³-hybridized carbons (Fsp3) is 0.632. The second-order valence-corrected chi connectivity index (χ2v) is 7.41. The van der Waals surface area contributed by atoms with Crippen LogP contribution < -0.4 is 5.32 Å². The first kappa shape index (κ1) is 18.2. The molecule has 0 aliphatic carbocycles. The van der Waals surface area contributed by atoms with Crippen LogP contribution in [0.4, 0.5) is 10.5 Å². The highest BCUT2D eigenvalue weighted by atomic mass is 16.5. The zero-order chi connectivity index (χ0) is 18.8. The zero-order valence-corrected chi connectivity index (χ0v) is 16.0. The summed E-state index contributed by atoms with van der Waals surface area (Å²) in [6, 6.07) is 1.79. The summed E-state index contributed by atoms with van der Waals surface area (Å²) < 4.78 is 13.2. The van der Waals surface area contributed by atoms with E-state index in [0.717, 1.165) is 55.6 Å². The Labute approximate surface area is 158 Å². The van der Waals surface area contributed by atoms with E-state index >= 15 is 0 Å². The van der Waals surface area contributed by atoms with Gasteiger partial charge in [0.2, 0.25) is 0 Å². The van der Waals surface area contributed by atoms with Crippen LogP contribution in [0.3, 0.4) is 0 Å². The Hall–Kier alpha value is -2.19. The van der Waals surface area contributed by atoms with Gasteiger partial charge in [-0.2, -0.15) is 5.10 Å². The van der Waals surface area contributed by atoms with E-state index in [0.29, 0.717) is 18.8 Å². The van der Waals surface area contributed by atoms with Gasteiger partial charge in [0.25, 0.3) is 0 Å². The molecule has 0 spiro atoms. The smallest absolute Gasteiger partial charge is 0.322 e. The molecule has 4 rings (SSSR count). The Morgan fingerprint density at radius 2 is 1.93 bits per heavy atom. The molecule has 1 N–H and O–H groups in total. The number of ether oxygens (including phenoxy) is 2. The highest BCUT2D eigenvalue weighted by Gasteiger charge is 2.27. The number of hydrogen-bond donors (Lipinski definition) is 1. The summed E-state index contributed by atoms with van der Waals surface area (Å²) in [5.41, 5.74) is 2.38. The molecule has 2 aromatic heterocycles. The molecular formula is C19H27N5O3. The largest absolute Gasteiger partial charge is 0.376 e. The lowest BCUT2D eigenvalue weighted by Crippen LogP contribution is -2.44. The number of carbonyl (C=O) groups excluding carboxylic acids is 1. The molecule has 0 aromatic carbocycles. The van der Waals surface area contributed by atoms with Crippen LogP contribution in [0, 0.1) is 6.92 Å². The highest BCUT2D eigenvalue weighted by Crippen LogP contribution is 2.21. The van der Waals surface area contributed by atoms with Gasteiger partial charge < -0.3 is 19.7 Å². The Balaban J connectivity index is 1.48. The van der Waals surface area contributed by atoms with Crippen molar-refractivity contribution in [3.8, 4) is 0 Å². The number of pyridine rings is 1.